The van der Waals surface area contributed by atoms with Crippen molar-refractivity contribution in [2.24, 2.45) is 0 Å². The summed E-state index contributed by atoms with van der Waals surface area (Å²) < 4.78 is 12.7. The van der Waals surface area contributed by atoms with Crippen molar-refractivity contribution >= 4 is 31.9 Å². The molecule has 0 saturated carbocycles. The topological polar surface area (TPSA) is 53.2 Å². The van der Waals surface area contributed by atoms with Gasteiger partial charge in [0, 0.05) is 17.0 Å². The Morgan fingerprint density at radius 2 is 2.00 bits per heavy atom. The maximum atomic E-state index is 12.4. The molecule has 20 heavy (non-hydrogen) atoms. The smallest absolute Gasteiger partial charge is 0.264 e. The van der Waals surface area contributed by atoms with Crippen LogP contribution in [0.1, 0.15) is 22.5 Å². The van der Waals surface area contributed by atoms with E-state index < -0.39 is 8.61 Å². The number of benzene rings is 1. The van der Waals surface area contributed by atoms with E-state index in [2.05, 4.69) is 4.98 Å². The standard InChI is InChI=1S/C15H15N2O2P/c1-9-7-10(2)16-13(9)8-12-11-5-3-4-6-14(11)17(20-19)15(12)18/h3-8,16H,20H2,1-2H3. The first-order chi connectivity index (χ1) is 9.61. The van der Waals surface area contributed by atoms with Gasteiger partial charge in [0.25, 0.3) is 5.91 Å². The third-order valence-corrected chi connectivity index (χ3v) is 4.21. The minimum Gasteiger partial charge on any atom is -0.359 e. The van der Waals surface area contributed by atoms with Crippen molar-refractivity contribution < 1.29 is 9.36 Å². The van der Waals surface area contributed by atoms with E-state index in [9.17, 15) is 9.36 Å². The second-order valence-corrected chi connectivity index (χ2v) is 5.63. The minimum atomic E-state index is -1.31. The molecule has 5 heteroatoms. The van der Waals surface area contributed by atoms with Crippen LogP contribution in [0.2, 0.25) is 0 Å². The van der Waals surface area contributed by atoms with Gasteiger partial charge in [-0.1, -0.05) is 18.2 Å². The third kappa shape index (κ3) is 1.93. The highest BCUT2D eigenvalue weighted by molar-refractivity contribution is 7.28. The highest BCUT2D eigenvalue weighted by Gasteiger charge is 2.31. The number of aromatic nitrogens is 1. The maximum Gasteiger partial charge on any atom is 0.264 e. The molecule has 2 heterocycles. The lowest BCUT2D eigenvalue weighted by atomic mass is 10.1. The first kappa shape index (κ1) is 12.9. The van der Waals surface area contributed by atoms with Crippen molar-refractivity contribution in [1.82, 2.24) is 4.98 Å². The van der Waals surface area contributed by atoms with Gasteiger partial charge in [-0.05, 0) is 37.6 Å². The molecule has 0 bridgehead atoms. The number of anilines is 1. The van der Waals surface area contributed by atoms with Crippen LogP contribution in [0.15, 0.2) is 30.3 Å². The lowest BCUT2D eigenvalue weighted by Crippen LogP contribution is -2.14. The predicted octanol–water partition coefficient (Wildman–Crippen LogP) is 3.19. The first-order valence-corrected chi connectivity index (χ1v) is 7.37. The molecule has 0 spiro atoms. The van der Waals surface area contributed by atoms with E-state index in [1.165, 1.54) is 4.67 Å². The Balaban J connectivity index is 2.17. The number of nitrogens with zero attached hydrogens (tertiary/aromatic N) is 1. The van der Waals surface area contributed by atoms with Crippen LogP contribution in [-0.2, 0) is 9.36 Å². The van der Waals surface area contributed by atoms with Gasteiger partial charge in [-0.25, -0.2) is 0 Å². The molecule has 1 unspecified atom stereocenters. The molecule has 0 radical (unpaired) electrons. The highest BCUT2D eigenvalue weighted by atomic mass is 31.1. The number of hydrogen-bond acceptors (Lipinski definition) is 2. The number of para-hydroxylation sites is 1. The van der Waals surface area contributed by atoms with E-state index in [1.807, 2.05) is 50.3 Å². The van der Waals surface area contributed by atoms with E-state index in [-0.39, 0.29) is 5.91 Å². The average molecular weight is 286 g/mol. The number of nitrogens with one attached hydrogen (secondary N) is 1. The summed E-state index contributed by atoms with van der Waals surface area (Å²) in [4.78, 5) is 15.6. The fourth-order valence-electron chi connectivity index (χ4n) is 2.55. The summed E-state index contributed by atoms with van der Waals surface area (Å²) in [6.45, 7) is 3.98. The van der Waals surface area contributed by atoms with Crippen molar-refractivity contribution in [3.05, 3.63) is 52.8 Å². The summed E-state index contributed by atoms with van der Waals surface area (Å²) in [5.74, 6) is -0.192. The van der Waals surface area contributed by atoms with Crippen molar-refractivity contribution in [2.45, 2.75) is 13.8 Å². The molecule has 2 aromatic rings. The van der Waals surface area contributed by atoms with Gasteiger partial charge in [0.1, 0.15) is 0 Å². The molecule has 1 atom stereocenters. The van der Waals surface area contributed by atoms with E-state index >= 15 is 0 Å². The predicted molar refractivity (Wildman–Crippen MR) is 82.5 cm³/mol. The van der Waals surface area contributed by atoms with Gasteiger partial charge >= 0.3 is 0 Å². The van der Waals surface area contributed by atoms with Gasteiger partial charge in [-0.2, -0.15) is 0 Å². The van der Waals surface area contributed by atoms with Crippen molar-refractivity contribution in [3.63, 3.8) is 0 Å². The number of aryl methyl sites for hydroxylation is 2. The number of H-pyrrole nitrogens is 1. The number of fused-ring (bicyclic) bond motifs is 1. The molecule has 1 aliphatic heterocycles. The van der Waals surface area contributed by atoms with Crippen LogP contribution < -0.4 is 4.67 Å². The van der Waals surface area contributed by atoms with Gasteiger partial charge in [-0.3, -0.25) is 9.46 Å². The molecule has 1 N–H and O–H groups in total. The van der Waals surface area contributed by atoms with Crippen LogP contribution in [0.5, 0.6) is 0 Å². The first-order valence-electron chi connectivity index (χ1n) is 6.38. The van der Waals surface area contributed by atoms with Gasteiger partial charge < -0.3 is 9.55 Å². The molecule has 1 aromatic heterocycles. The molecule has 4 nitrogen and oxygen atoms in total. The largest absolute Gasteiger partial charge is 0.359 e. The van der Waals surface area contributed by atoms with E-state index in [4.69, 9.17) is 0 Å². The van der Waals surface area contributed by atoms with Crippen molar-refractivity contribution in [1.29, 1.82) is 0 Å². The van der Waals surface area contributed by atoms with Crippen LogP contribution in [-0.4, -0.2) is 10.9 Å². The van der Waals surface area contributed by atoms with Crippen LogP contribution in [0.3, 0.4) is 0 Å². The van der Waals surface area contributed by atoms with Crippen molar-refractivity contribution in [3.8, 4) is 0 Å². The SMILES string of the molecule is Cc1cc(C)c(C=C2C(=O)N([PH2]=O)c3ccccc32)[nH]1. The number of carbonyl (C=O) groups is 1. The second-order valence-electron chi connectivity index (χ2n) is 4.90. The van der Waals surface area contributed by atoms with Gasteiger partial charge in [0.15, 0.2) is 8.61 Å². The quantitative estimate of drug-likeness (QED) is 0.681. The fourth-order valence-corrected chi connectivity index (χ4v) is 3.13. The summed E-state index contributed by atoms with van der Waals surface area (Å²) >= 11 is 0. The zero-order chi connectivity index (χ0) is 14.3. The molecule has 0 saturated heterocycles. The van der Waals surface area contributed by atoms with E-state index in [1.54, 1.807) is 0 Å². The minimum absolute atomic E-state index is 0.192. The highest BCUT2D eigenvalue weighted by Crippen LogP contribution is 2.40. The van der Waals surface area contributed by atoms with Crippen LogP contribution in [0.25, 0.3) is 11.6 Å². The van der Waals surface area contributed by atoms with Gasteiger partial charge in [-0.15, -0.1) is 0 Å². The lowest BCUT2D eigenvalue weighted by molar-refractivity contribution is -0.111. The fraction of sp³-hybridized carbons (Fsp3) is 0.133. The van der Waals surface area contributed by atoms with Gasteiger partial charge in [0.2, 0.25) is 0 Å². The maximum absolute atomic E-state index is 12.4. The average Bonchev–Trinajstić information content (AvgIpc) is 2.88. The summed E-state index contributed by atoms with van der Waals surface area (Å²) in [5.41, 5.74) is 5.23. The lowest BCUT2D eigenvalue weighted by Gasteiger charge is -2.07. The molecule has 1 amide bonds. The number of rotatable bonds is 2. The zero-order valence-electron chi connectivity index (χ0n) is 11.3. The Kier molecular flexibility index (Phi) is 3.11. The molecule has 1 aliphatic rings. The van der Waals surface area contributed by atoms with Crippen molar-refractivity contribution in [2.75, 3.05) is 4.67 Å². The molecular weight excluding hydrogens is 271 g/mol. The number of carbonyl (C=O) groups excluding carboxylic acids is 1. The normalized spacial score (nSPS) is 16.6. The number of amides is 1. The van der Waals surface area contributed by atoms with E-state index in [0.29, 0.717) is 5.57 Å². The molecule has 3 rings (SSSR count). The molecule has 102 valence electrons. The molecule has 0 aliphatic carbocycles. The molecule has 1 aromatic carbocycles. The number of hydrogen-bond donors (Lipinski definition) is 1. The van der Waals surface area contributed by atoms with Crippen LogP contribution in [0.4, 0.5) is 5.69 Å². The monoisotopic (exact) mass is 286 g/mol. The van der Waals surface area contributed by atoms with Crippen LogP contribution >= 0.6 is 8.61 Å². The Bertz CT molecular complexity index is 746. The summed E-state index contributed by atoms with van der Waals surface area (Å²) in [6.07, 6.45) is 1.85. The molecular formula is C15H15N2O2P. The van der Waals surface area contributed by atoms with E-state index in [0.717, 1.165) is 28.2 Å². The zero-order valence-corrected chi connectivity index (χ0v) is 12.5. The Hall–Kier alpha value is -2.06. The second kappa shape index (κ2) is 4.80. The van der Waals surface area contributed by atoms with Crippen LogP contribution in [0, 0.1) is 13.8 Å². The number of aromatic amines is 1. The Morgan fingerprint density at radius 1 is 1.25 bits per heavy atom. The Morgan fingerprint density at radius 3 is 2.65 bits per heavy atom. The van der Waals surface area contributed by atoms with Gasteiger partial charge in [0.05, 0.1) is 11.3 Å². The third-order valence-electron chi connectivity index (χ3n) is 3.49. The molecule has 0 fully saturated rings. The summed E-state index contributed by atoms with van der Waals surface area (Å²) in [6, 6.07) is 9.48. The Labute approximate surface area is 118 Å². The summed E-state index contributed by atoms with van der Waals surface area (Å²) in [5, 5.41) is 0. The summed E-state index contributed by atoms with van der Waals surface area (Å²) in [7, 11) is -1.31.